The Balaban J connectivity index is 1.69. The van der Waals surface area contributed by atoms with Crippen molar-refractivity contribution in [3.8, 4) is 22.9 Å². The molecule has 0 bridgehead atoms. The van der Waals surface area contributed by atoms with Gasteiger partial charge in [0.1, 0.15) is 19.5 Å². The van der Waals surface area contributed by atoms with Crippen LogP contribution >= 0.6 is 0 Å². The lowest BCUT2D eigenvalue weighted by Crippen LogP contribution is -2.03. The maximum absolute atomic E-state index is 11.7. The first kappa shape index (κ1) is 21.7. The highest BCUT2D eigenvalue weighted by atomic mass is 16.6. The molecule has 4 rings (SSSR count). The van der Waals surface area contributed by atoms with E-state index in [1.165, 1.54) is 18.2 Å². The zero-order valence-electron chi connectivity index (χ0n) is 17.6. The van der Waals surface area contributed by atoms with E-state index in [-0.39, 0.29) is 23.7 Å². The molecule has 0 aliphatic rings. The number of aldehydes is 1. The third kappa shape index (κ3) is 5.40. The SMILES string of the molecule is O=Cc1ccc(-c2ccc(OCc3ccccc3)nc2OCc2ccccc2)c([N+](=O)[O-])c1. The van der Waals surface area contributed by atoms with Gasteiger partial charge in [-0.05, 0) is 23.3 Å². The Bertz CT molecular complexity index is 1260. The van der Waals surface area contributed by atoms with Crippen molar-refractivity contribution in [2.75, 3.05) is 0 Å². The highest BCUT2D eigenvalue weighted by Gasteiger charge is 2.21. The van der Waals surface area contributed by atoms with Gasteiger partial charge in [-0.25, -0.2) is 0 Å². The highest BCUT2D eigenvalue weighted by molar-refractivity contribution is 5.83. The largest absolute Gasteiger partial charge is 0.473 e. The molecule has 7 nitrogen and oxygen atoms in total. The second kappa shape index (κ2) is 10.2. The number of carbonyl (C=O) groups is 1. The van der Waals surface area contributed by atoms with Gasteiger partial charge in [0.15, 0.2) is 0 Å². The fourth-order valence-corrected chi connectivity index (χ4v) is 3.28. The number of carbonyl (C=O) groups excluding carboxylic acids is 1. The molecule has 0 spiro atoms. The zero-order chi connectivity index (χ0) is 23.0. The van der Waals surface area contributed by atoms with E-state index in [1.807, 2.05) is 60.7 Å². The molecule has 1 aromatic heterocycles. The van der Waals surface area contributed by atoms with Crippen molar-refractivity contribution in [2.24, 2.45) is 0 Å². The molecule has 1 heterocycles. The van der Waals surface area contributed by atoms with Gasteiger partial charge >= 0.3 is 0 Å². The van der Waals surface area contributed by atoms with Crippen LogP contribution in [0.25, 0.3) is 11.1 Å². The summed E-state index contributed by atoms with van der Waals surface area (Å²) in [6.45, 7) is 0.544. The van der Waals surface area contributed by atoms with E-state index in [1.54, 1.807) is 12.1 Å². The van der Waals surface area contributed by atoms with E-state index < -0.39 is 4.92 Å². The molecule has 0 radical (unpaired) electrons. The Morgan fingerprint density at radius 3 is 2.00 bits per heavy atom. The van der Waals surface area contributed by atoms with Gasteiger partial charge in [0.25, 0.3) is 5.69 Å². The van der Waals surface area contributed by atoms with Crippen LogP contribution in [0.5, 0.6) is 11.8 Å². The van der Waals surface area contributed by atoms with Crippen molar-refractivity contribution in [1.82, 2.24) is 4.98 Å². The predicted molar refractivity (Wildman–Crippen MR) is 123 cm³/mol. The molecule has 0 fully saturated rings. The Kier molecular flexibility index (Phi) is 6.70. The summed E-state index contributed by atoms with van der Waals surface area (Å²) in [5.41, 5.74) is 2.65. The molecule has 0 aliphatic heterocycles. The highest BCUT2D eigenvalue weighted by Crippen LogP contribution is 2.37. The number of hydrogen-bond acceptors (Lipinski definition) is 6. The van der Waals surface area contributed by atoms with Crippen molar-refractivity contribution >= 4 is 12.0 Å². The molecule has 4 aromatic rings. The molecule has 0 saturated heterocycles. The average Bonchev–Trinajstić information content (AvgIpc) is 2.87. The van der Waals surface area contributed by atoms with E-state index >= 15 is 0 Å². The minimum Gasteiger partial charge on any atom is -0.473 e. The van der Waals surface area contributed by atoms with Gasteiger partial charge in [-0.1, -0.05) is 66.7 Å². The third-order valence-corrected chi connectivity index (χ3v) is 4.93. The van der Waals surface area contributed by atoms with Crippen molar-refractivity contribution in [3.05, 3.63) is 118 Å². The van der Waals surface area contributed by atoms with Crippen LogP contribution in [-0.2, 0) is 13.2 Å². The Morgan fingerprint density at radius 1 is 0.788 bits per heavy atom. The summed E-state index contributed by atoms with van der Waals surface area (Å²) in [7, 11) is 0. The molecule has 0 aliphatic carbocycles. The maximum atomic E-state index is 11.7. The van der Waals surface area contributed by atoms with Crippen molar-refractivity contribution in [3.63, 3.8) is 0 Å². The molecule has 0 unspecified atom stereocenters. The number of pyridine rings is 1. The van der Waals surface area contributed by atoms with Crippen LogP contribution in [0.2, 0.25) is 0 Å². The number of nitrogens with zero attached hydrogens (tertiary/aromatic N) is 2. The lowest BCUT2D eigenvalue weighted by Gasteiger charge is -2.13. The molecule has 0 N–H and O–H groups in total. The molecular formula is C26H20N2O5. The second-order valence-corrected chi connectivity index (χ2v) is 7.20. The summed E-state index contributed by atoms with van der Waals surface area (Å²) in [5, 5.41) is 11.7. The normalized spacial score (nSPS) is 10.4. The fraction of sp³-hybridized carbons (Fsp3) is 0.0769. The van der Waals surface area contributed by atoms with E-state index in [9.17, 15) is 14.9 Å². The third-order valence-electron chi connectivity index (χ3n) is 4.93. The van der Waals surface area contributed by atoms with Gasteiger partial charge in [-0.2, -0.15) is 4.98 Å². The van der Waals surface area contributed by atoms with Gasteiger partial charge in [0.2, 0.25) is 11.8 Å². The van der Waals surface area contributed by atoms with Crippen LogP contribution < -0.4 is 9.47 Å². The Morgan fingerprint density at radius 2 is 1.39 bits per heavy atom. The molecule has 33 heavy (non-hydrogen) atoms. The topological polar surface area (TPSA) is 91.6 Å². The maximum Gasteiger partial charge on any atom is 0.278 e. The van der Waals surface area contributed by atoms with E-state index in [0.717, 1.165) is 11.1 Å². The van der Waals surface area contributed by atoms with Crippen LogP contribution in [-0.4, -0.2) is 16.2 Å². The Hall–Kier alpha value is -4.52. The molecule has 0 amide bonds. The summed E-state index contributed by atoms with van der Waals surface area (Å²) in [4.78, 5) is 26.8. The van der Waals surface area contributed by atoms with Gasteiger partial charge in [0, 0.05) is 17.7 Å². The van der Waals surface area contributed by atoms with Gasteiger partial charge in [0.05, 0.1) is 16.1 Å². The van der Waals surface area contributed by atoms with Crippen LogP contribution in [0.15, 0.2) is 91.0 Å². The predicted octanol–water partition coefficient (Wildman–Crippen LogP) is 5.63. The molecule has 0 saturated carbocycles. The van der Waals surface area contributed by atoms with Crippen LogP contribution in [0.4, 0.5) is 5.69 Å². The first-order valence-electron chi connectivity index (χ1n) is 10.2. The minimum atomic E-state index is -0.525. The summed E-state index contributed by atoms with van der Waals surface area (Å²) in [6, 6.07) is 26.8. The first-order chi connectivity index (χ1) is 16.1. The molecule has 7 heteroatoms. The lowest BCUT2D eigenvalue weighted by atomic mass is 10.0. The first-order valence-corrected chi connectivity index (χ1v) is 10.2. The van der Waals surface area contributed by atoms with E-state index in [0.29, 0.717) is 29.9 Å². The van der Waals surface area contributed by atoms with Gasteiger partial charge in [-0.3, -0.25) is 14.9 Å². The quantitative estimate of drug-likeness (QED) is 0.190. The monoisotopic (exact) mass is 440 g/mol. The summed E-state index contributed by atoms with van der Waals surface area (Å²) in [6.07, 6.45) is 0.572. The summed E-state index contributed by atoms with van der Waals surface area (Å²) >= 11 is 0. The molecule has 0 atom stereocenters. The summed E-state index contributed by atoms with van der Waals surface area (Å²) < 4.78 is 11.8. The average molecular weight is 440 g/mol. The van der Waals surface area contributed by atoms with Crippen LogP contribution in [0.3, 0.4) is 0 Å². The number of benzene rings is 3. The van der Waals surface area contributed by atoms with Gasteiger partial charge < -0.3 is 9.47 Å². The number of hydrogen-bond donors (Lipinski definition) is 0. The fourth-order valence-electron chi connectivity index (χ4n) is 3.28. The van der Waals surface area contributed by atoms with Crippen molar-refractivity contribution in [1.29, 1.82) is 0 Å². The standard InChI is InChI=1S/C26H20N2O5/c29-16-21-11-12-22(24(15-21)28(30)31)23-13-14-25(32-17-19-7-3-1-4-8-19)27-26(23)33-18-20-9-5-2-6-10-20/h1-16H,17-18H2. The lowest BCUT2D eigenvalue weighted by molar-refractivity contribution is -0.384. The molecule has 164 valence electrons. The number of aromatic nitrogens is 1. The minimum absolute atomic E-state index is 0.200. The number of rotatable bonds is 9. The van der Waals surface area contributed by atoms with E-state index in [4.69, 9.17) is 9.47 Å². The molecule has 3 aromatic carbocycles. The number of nitro groups is 1. The van der Waals surface area contributed by atoms with Gasteiger partial charge in [-0.15, -0.1) is 0 Å². The Labute approximate surface area is 190 Å². The molecular weight excluding hydrogens is 420 g/mol. The number of ether oxygens (including phenoxy) is 2. The van der Waals surface area contributed by atoms with Crippen LogP contribution in [0, 0.1) is 10.1 Å². The zero-order valence-corrected chi connectivity index (χ0v) is 17.6. The second-order valence-electron chi connectivity index (χ2n) is 7.20. The van der Waals surface area contributed by atoms with E-state index in [2.05, 4.69) is 4.98 Å². The number of nitro benzene ring substituents is 1. The van der Waals surface area contributed by atoms with Crippen molar-refractivity contribution < 1.29 is 19.2 Å². The summed E-state index contributed by atoms with van der Waals surface area (Å²) in [5.74, 6) is 0.532. The van der Waals surface area contributed by atoms with Crippen molar-refractivity contribution in [2.45, 2.75) is 13.2 Å². The van der Waals surface area contributed by atoms with Crippen LogP contribution in [0.1, 0.15) is 21.5 Å². The smallest absolute Gasteiger partial charge is 0.278 e.